The standard InChI is InChI=1S/C10H7BrO4/c11-8-3-6(4-12)9-10(7(8)5-13)15-2-1-14-9/h3-5H,1-2H2. The monoisotopic (exact) mass is 270 g/mol. The van der Waals surface area contributed by atoms with Gasteiger partial charge in [0.25, 0.3) is 0 Å². The lowest BCUT2D eigenvalue weighted by Gasteiger charge is -2.21. The smallest absolute Gasteiger partial charge is 0.173 e. The van der Waals surface area contributed by atoms with Gasteiger partial charge in [0.1, 0.15) is 13.2 Å². The highest BCUT2D eigenvalue weighted by Gasteiger charge is 2.22. The summed E-state index contributed by atoms with van der Waals surface area (Å²) in [6.07, 6.45) is 1.35. The molecule has 5 heteroatoms. The van der Waals surface area contributed by atoms with Crippen LogP contribution in [0.3, 0.4) is 0 Å². The Kier molecular flexibility index (Phi) is 2.73. The second kappa shape index (κ2) is 4.02. The lowest BCUT2D eigenvalue weighted by molar-refractivity contribution is 0.109. The maximum Gasteiger partial charge on any atom is 0.173 e. The first-order valence-corrected chi connectivity index (χ1v) is 5.09. The van der Waals surface area contributed by atoms with E-state index in [0.29, 0.717) is 52.9 Å². The lowest BCUT2D eigenvalue weighted by atomic mass is 10.1. The zero-order chi connectivity index (χ0) is 10.8. The van der Waals surface area contributed by atoms with E-state index in [1.54, 1.807) is 6.07 Å². The van der Waals surface area contributed by atoms with Crippen molar-refractivity contribution in [2.24, 2.45) is 0 Å². The van der Waals surface area contributed by atoms with E-state index in [4.69, 9.17) is 9.47 Å². The molecule has 0 fully saturated rings. The minimum atomic E-state index is 0.340. The fourth-order valence-corrected chi connectivity index (χ4v) is 1.94. The van der Waals surface area contributed by atoms with Crippen LogP contribution in [0.15, 0.2) is 10.5 Å². The zero-order valence-electron chi connectivity index (χ0n) is 7.66. The molecule has 0 aliphatic carbocycles. The molecule has 1 heterocycles. The first kappa shape index (κ1) is 10.2. The number of carbonyl (C=O) groups is 2. The molecule has 0 atom stereocenters. The number of ether oxygens (including phenoxy) is 2. The van der Waals surface area contributed by atoms with Crippen molar-refractivity contribution < 1.29 is 19.1 Å². The summed E-state index contributed by atoms with van der Waals surface area (Å²) in [6, 6.07) is 1.55. The predicted molar refractivity (Wildman–Crippen MR) is 55.9 cm³/mol. The highest BCUT2D eigenvalue weighted by Crippen LogP contribution is 2.39. The van der Waals surface area contributed by atoms with Crippen LogP contribution in [0, 0.1) is 0 Å². The van der Waals surface area contributed by atoms with Crippen LogP contribution in [-0.2, 0) is 0 Å². The van der Waals surface area contributed by atoms with Crippen LogP contribution in [0.4, 0.5) is 0 Å². The van der Waals surface area contributed by atoms with E-state index in [2.05, 4.69) is 15.9 Å². The van der Waals surface area contributed by atoms with E-state index >= 15 is 0 Å². The highest BCUT2D eigenvalue weighted by atomic mass is 79.9. The Morgan fingerprint density at radius 3 is 2.40 bits per heavy atom. The first-order chi connectivity index (χ1) is 7.27. The lowest BCUT2D eigenvalue weighted by Crippen LogP contribution is -2.18. The Morgan fingerprint density at radius 2 is 1.80 bits per heavy atom. The summed E-state index contributed by atoms with van der Waals surface area (Å²) < 4.78 is 11.2. The van der Waals surface area contributed by atoms with E-state index in [-0.39, 0.29) is 0 Å². The van der Waals surface area contributed by atoms with E-state index in [1.165, 1.54) is 0 Å². The van der Waals surface area contributed by atoms with Crippen molar-refractivity contribution in [1.82, 2.24) is 0 Å². The van der Waals surface area contributed by atoms with Crippen molar-refractivity contribution in [3.05, 3.63) is 21.7 Å². The summed E-state index contributed by atoms with van der Waals surface area (Å²) in [5.74, 6) is 0.689. The zero-order valence-corrected chi connectivity index (χ0v) is 9.24. The van der Waals surface area contributed by atoms with Crippen LogP contribution < -0.4 is 9.47 Å². The number of hydrogen-bond donors (Lipinski definition) is 0. The quantitative estimate of drug-likeness (QED) is 0.770. The topological polar surface area (TPSA) is 52.6 Å². The molecule has 0 radical (unpaired) electrons. The van der Waals surface area contributed by atoms with Crippen molar-refractivity contribution in [3.63, 3.8) is 0 Å². The summed E-state index contributed by atoms with van der Waals surface area (Å²) in [5, 5.41) is 0. The van der Waals surface area contributed by atoms with Crippen LogP contribution in [0.1, 0.15) is 20.7 Å². The van der Waals surface area contributed by atoms with E-state index in [9.17, 15) is 9.59 Å². The van der Waals surface area contributed by atoms with Gasteiger partial charge < -0.3 is 9.47 Å². The number of fused-ring (bicyclic) bond motifs is 1. The van der Waals surface area contributed by atoms with Gasteiger partial charge in [-0.3, -0.25) is 9.59 Å². The Balaban J connectivity index is 2.70. The summed E-state index contributed by atoms with van der Waals surface area (Å²) in [7, 11) is 0. The average Bonchev–Trinajstić information content (AvgIpc) is 2.28. The molecule has 1 aromatic rings. The van der Waals surface area contributed by atoms with Crippen molar-refractivity contribution in [2.75, 3.05) is 13.2 Å². The van der Waals surface area contributed by atoms with Crippen LogP contribution in [0.25, 0.3) is 0 Å². The maximum atomic E-state index is 10.8. The van der Waals surface area contributed by atoms with Gasteiger partial charge >= 0.3 is 0 Å². The molecule has 78 valence electrons. The van der Waals surface area contributed by atoms with Crippen LogP contribution in [0.5, 0.6) is 11.5 Å². The van der Waals surface area contributed by atoms with Gasteiger partial charge in [0.15, 0.2) is 24.1 Å². The Bertz CT molecular complexity index is 428. The van der Waals surface area contributed by atoms with Crippen molar-refractivity contribution in [1.29, 1.82) is 0 Å². The molecule has 1 aliphatic heterocycles. The van der Waals surface area contributed by atoms with Crippen molar-refractivity contribution in [3.8, 4) is 11.5 Å². The third-order valence-corrected chi connectivity index (χ3v) is 2.73. The summed E-state index contributed by atoms with van der Waals surface area (Å²) in [6.45, 7) is 0.760. The fraction of sp³-hybridized carbons (Fsp3) is 0.200. The molecular weight excluding hydrogens is 264 g/mol. The maximum absolute atomic E-state index is 10.8. The molecule has 15 heavy (non-hydrogen) atoms. The summed E-state index contributed by atoms with van der Waals surface area (Å²) >= 11 is 3.20. The van der Waals surface area contributed by atoms with E-state index in [1.807, 2.05) is 0 Å². The molecule has 0 bridgehead atoms. The van der Waals surface area contributed by atoms with Gasteiger partial charge in [0.05, 0.1) is 11.1 Å². The third-order valence-electron chi connectivity index (χ3n) is 2.07. The largest absolute Gasteiger partial charge is 0.485 e. The number of halogens is 1. The number of carbonyl (C=O) groups excluding carboxylic acids is 2. The van der Waals surface area contributed by atoms with Gasteiger partial charge in [0.2, 0.25) is 0 Å². The number of hydrogen-bond acceptors (Lipinski definition) is 4. The van der Waals surface area contributed by atoms with Crippen molar-refractivity contribution >= 4 is 28.5 Å². The highest BCUT2D eigenvalue weighted by molar-refractivity contribution is 9.10. The second-order valence-electron chi connectivity index (χ2n) is 2.95. The van der Waals surface area contributed by atoms with Gasteiger partial charge in [0, 0.05) is 4.47 Å². The molecule has 0 N–H and O–H groups in total. The molecule has 4 nitrogen and oxygen atoms in total. The molecule has 1 aliphatic rings. The van der Waals surface area contributed by atoms with Gasteiger partial charge in [-0.1, -0.05) is 0 Å². The predicted octanol–water partition coefficient (Wildman–Crippen LogP) is 1.85. The first-order valence-electron chi connectivity index (χ1n) is 4.30. The minimum Gasteiger partial charge on any atom is -0.485 e. The summed E-state index contributed by atoms with van der Waals surface area (Å²) in [4.78, 5) is 21.6. The minimum absolute atomic E-state index is 0.340. The SMILES string of the molecule is O=Cc1cc(Br)c(C=O)c2c1OCCO2. The number of aldehydes is 2. The molecule has 2 rings (SSSR count). The van der Waals surface area contributed by atoms with Crippen LogP contribution >= 0.6 is 15.9 Å². The molecule has 1 aromatic carbocycles. The fourth-order valence-electron chi connectivity index (χ4n) is 1.42. The van der Waals surface area contributed by atoms with Crippen molar-refractivity contribution in [2.45, 2.75) is 0 Å². The van der Waals surface area contributed by atoms with E-state index in [0.717, 1.165) is 0 Å². The molecule has 0 unspecified atom stereocenters. The van der Waals surface area contributed by atoms with Gasteiger partial charge in [-0.2, -0.15) is 0 Å². The average molecular weight is 271 g/mol. The molecular formula is C10H7BrO4. The molecule has 0 amide bonds. The van der Waals surface area contributed by atoms with Gasteiger partial charge in [-0.15, -0.1) is 0 Å². The molecule has 0 saturated carbocycles. The molecule has 0 saturated heterocycles. The second-order valence-corrected chi connectivity index (χ2v) is 3.81. The number of benzene rings is 1. The summed E-state index contributed by atoms with van der Waals surface area (Å²) in [5.41, 5.74) is 0.748. The Hall–Kier alpha value is -1.36. The van der Waals surface area contributed by atoms with Crippen LogP contribution in [-0.4, -0.2) is 25.8 Å². The normalized spacial score (nSPS) is 13.4. The molecule has 0 aromatic heterocycles. The van der Waals surface area contributed by atoms with Gasteiger partial charge in [-0.05, 0) is 22.0 Å². The third kappa shape index (κ3) is 1.63. The molecule has 0 spiro atoms. The van der Waals surface area contributed by atoms with E-state index < -0.39 is 0 Å². The Labute approximate surface area is 94.3 Å². The van der Waals surface area contributed by atoms with Crippen LogP contribution in [0.2, 0.25) is 0 Å². The Morgan fingerprint density at radius 1 is 1.13 bits per heavy atom. The number of rotatable bonds is 2. The van der Waals surface area contributed by atoms with Gasteiger partial charge in [-0.25, -0.2) is 0 Å².